The molecular formula is C15H28N2O. The Kier molecular flexibility index (Phi) is 6.67. The summed E-state index contributed by atoms with van der Waals surface area (Å²) in [7, 11) is 0. The quantitative estimate of drug-likeness (QED) is 0.707. The van der Waals surface area contributed by atoms with Crippen molar-refractivity contribution in [3.63, 3.8) is 0 Å². The molecule has 1 fully saturated rings. The summed E-state index contributed by atoms with van der Waals surface area (Å²) in [6, 6.07) is 2.13. The highest BCUT2D eigenvalue weighted by molar-refractivity contribution is 5.00. The van der Waals surface area contributed by atoms with Crippen molar-refractivity contribution in [1.29, 1.82) is 5.26 Å². The molecule has 3 unspecified atom stereocenters. The zero-order valence-corrected chi connectivity index (χ0v) is 12.0. The Labute approximate surface area is 112 Å². The highest BCUT2D eigenvalue weighted by atomic mass is 16.5. The zero-order chi connectivity index (χ0) is 13.4. The summed E-state index contributed by atoms with van der Waals surface area (Å²) in [5, 5.41) is 8.80. The summed E-state index contributed by atoms with van der Waals surface area (Å²) >= 11 is 0. The van der Waals surface area contributed by atoms with Crippen molar-refractivity contribution in [3.8, 4) is 6.07 Å². The molecule has 0 radical (unpaired) electrons. The lowest BCUT2D eigenvalue weighted by Gasteiger charge is -2.28. The summed E-state index contributed by atoms with van der Waals surface area (Å²) in [6.07, 6.45) is 9.67. The van der Waals surface area contributed by atoms with E-state index in [-0.39, 0.29) is 0 Å². The molecule has 1 aliphatic carbocycles. The van der Waals surface area contributed by atoms with E-state index in [0.29, 0.717) is 6.10 Å². The van der Waals surface area contributed by atoms with Crippen LogP contribution in [0.1, 0.15) is 65.2 Å². The van der Waals surface area contributed by atoms with Crippen molar-refractivity contribution < 1.29 is 4.74 Å². The number of nitrogens with zero attached hydrogens (tertiary/aromatic N) is 1. The largest absolute Gasteiger partial charge is 0.378 e. The predicted molar refractivity (Wildman–Crippen MR) is 74.0 cm³/mol. The fraction of sp³-hybridized carbons (Fsp3) is 0.933. The van der Waals surface area contributed by atoms with Gasteiger partial charge >= 0.3 is 0 Å². The molecule has 3 nitrogen and oxygen atoms in total. The van der Waals surface area contributed by atoms with Crippen LogP contribution in [0.2, 0.25) is 0 Å². The maximum absolute atomic E-state index is 8.80. The van der Waals surface area contributed by atoms with E-state index in [1.54, 1.807) is 6.92 Å². The van der Waals surface area contributed by atoms with Gasteiger partial charge in [-0.25, -0.2) is 0 Å². The average molecular weight is 252 g/mol. The van der Waals surface area contributed by atoms with E-state index in [4.69, 9.17) is 15.7 Å². The Balaban J connectivity index is 2.06. The lowest BCUT2D eigenvalue weighted by molar-refractivity contribution is 0.0105. The number of rotatable bonds is 7. The number of hydrogen-bond acceptors (Lipinski definition) is 3. The van der Waals surface area contributed by atoms with E-state index >= 15 is 0 Å². The normalized spacial score (nSPS) is 27.4. The first-order valence-electron chi connectivity index (χ1n) is 7.39. The number of nitrogens with two attached hydrogens (primary N) is 1. The Morgan fingerprint density at radius 3 is 2.83 bits per heavy atom. The standard InChI is InChI=1S/C15H28N2O/c1-3-13-7-6-8-14(11-13)18-10-5-4-9-15(2,17)12-16/h13-14H,3-11,17H2,1-2H3. The van der Waals surface area contributed by atoms with E-state index in [2.05, 4.69) is 13.0 Å². The third kappa shape index (κ3) is 5.84. The average Bonchev–Trinajstić information content (AvgIpc) is 2.38. The van der Waals surface area contributed by atoms with Crippen LogP contribution in [-0.2, 0) is 4.74 Å². The lowest BCUT2D eigenvalue weighted by atomic mass is 9.85. The second-order valence-corrected chi connectivity index (χ2v) is 5.92. The Morgan fingerprint density at radius 1 is 1.39 bits per heavy atom. The minimum atomic E-state index is -0.669. The topological polar surface area (TPSA) is 59.0 Å². The molecule has 0 aromatic rings. The fourth-order valence-corrected chi connectivity index (χ4v) is 2.66. The first-order valence-corrected chi connectivity index (χ1v) is 7.39. The summed E-state index contributed by atoms with van der Waals surface area (Å²) in [5.41, 5.74) is 5.11. The van der Waals surface area contributed by atoms with Gasteiger partial charge < -0.3 is 10.5 Å². The summed E-state index contributed by atoms with van der Waals surface area (Å²) < 4.78 is 5.94. The van der Waals surface area contributed by atoms with E-state index in [1.165, 1.54) is 32.1 Å². The van der Waals surface area contributed by atoms with E-state index < -0.39 is 5.54 Å². The third-order valence-corrected chi connectivity index (χ3v) is 4.01. The van der Waals surface area contributed by atoms with Crippen LogP contribution >= 0.6 is 0 Å². The van der Waals surface area contributed by atoms with Crippen molar-refractivity contribution in [1.82, 2.24) is 0 Å². The van der Waals surface area contributed by atoms with Crippen molar-refractivity contribution in [3.05, 3.63) is 0 Å². The number of unbranched alkanes of at least 4 members (excludes halogenated alkanes) is 1. The highest BCUT2D eigenvalue weighted by Gasteiger charge is 2.21. The zero-order valence-electron chi connectivity index (χ0n) is 12.0. The van der Waals surface area contributed by atoms with Crippen LogP contribution in [0, 0.1) is 17.2 Å². The first kappa shape index (κ1) is 15.5. The Morgan fingerprint density at radius 2 is 2.17 bits per heavy atom. The molecule has 3 heteroatoms. The van der Waals surface area contributed by atoms with Crippen LogP contribution in [-0.4, -0.2) is 18.2 Å². The molecule has 0 aliphatic heterocycles. The summed E-state index contributed by atoms with van der Waals surface area (Å²) in [4.78, 5) is 0. The van der Waals surface area contributed by atoms with Crippen LogP contribution in [0.15, 0.2) is 0 Å². The second kappa shape index (κ2) is 7.76. The second-order valence-electron chi connectivity index (χ2n) is 5.92. The molecule has 1 aliphatic rings. The van der Waals surface area contributed by atoms with Crippen molar-refractivity contribution >= 4 is 0 Å². The van der Waals surface area contributed by atoms with Gasteiger partial charge in [-0.2, -0.15) is 5.26 Å². The molecule has 18 heavy (non-hydrogen) atoms. The van der Waals surface area contributed by atoms with E-state index in [1.807, 2.05) is 0 Å². The minimum Gasteiger partial charge on any atom is -0.378 e. The minimum absolute atomic E-state index is 0.476. The Bertz CT molecular complexity index is 270. The Hall–Kier alpha value is -0.590. The number of ether oxygens (including phenoxy) is 1. The van der Waals surface area contributed by atoms with Crippen molar-refractivity contribution in [2.45, 2.75) is 76.9 Å². The van der Waals surface area contributed by atoms with Gasteiger partial charge in [0.15, 0.2) is 0 Å². The predicted octanol–water partition coefficient (Wildman–Crippen LogP) is 3.38. The highest BCUT2D eigenvalue weighted by Crippen LogP contribution is 2.28. The van der Waals surface area contributed by atoms with Crippen LogP contribution in [0.3, 0.4) is 0 Å². The molecule has 1 saturated carbocycles. The summed E-state index contributed by atoms with van der Waals surface area (Å²) in [6.45, 7) is 4.89. The van der Waals surface area contributed by atoms with Gasteiger partial charge in [0.2, 0.25) is 0 Å². The van der Waals surface area contributed by atoms with Crippen LogP contribution in [0.5, 0.6) is 0 Å². The molecular weight excluding hydrogens is 224 g/mol. The van der Waals surface area contributed by atoms with E-state index in [9.17, 15) is 0 Å². The smallest absolute Gasteiger partial charge is 0.101 e. The molecule has 0 bridgehead atoms. The van der Waals surface area contributed by atoms with Gasteiger partial charge in [0.25, 0.3) is 0 Å². The molecule has 0 aromatic carbocycles. The van der Waals surface area contributed by atoms with Crippen LogP contribution in [0.4, 0.5) is 0 Å². The molecule has 0 saturated heterocycles. The van der Waals surface area contributed by atoms with E-state index in [0.717, 1.165) is 31.8 Å². The molecule has 0 amide bonds. The van der Waals surface area contributed by atoms with Gasteiger partial charge in [-0.1, -0.05) is 26.2 Å². The van der Waals surface area contributed by atoms with Gasteiger partial charge in [0.1, 0.15) is 5.54 Å². The molecule has 0 heterocycles. The van der Waals surface area contributed by atoms with Crippen molar-refractivity contribution in [2.75, 3.05) is 6.61 Å². The SMILES string of the molecule is CCC1CCCC(OCCCCC(C)(N)C#N)C1. The monoisotopic (exact) mass is 252 g/mol. The van der Waals surface area contributed by atoms with Crippen molar-refractivity contribution in [2.24, 2.45) is 11.7 Å². The van der Waals surface area contributed by atoms with Crippen LogP contribution in [0.25, 0.3) is 0 Å². The van der Waals surface area contributed by atoms with Gasteiger partial charge in [-0.15, -0.1) is 0 Å². The maximum atomic E-state index is 8.80. The number of nitriles is 1. The van der Waals surface area contributed by atoms with Crippen LogP contribution < -0.4 is 5.73 Å². The first-order chi connectivity index (χ1) is 8.57. The lowest BCUT2D eigenvalue weighted by Crippen LogP contribution is -2.33. The molecule has 104 valence electrons. The molecule has 0 spiro atoms. The maximum Gasteiger partial charge on any atom is 0.101 e. The van der Waals surface area contributed by atoms with Gasteiger partial charge in [0.05, 0.1) is 12.2 Å². The molecule has 1 rings (SSSR count). The fourth-order valence-electron chi connectivity index (χ4n) is 2.66. The third-order valence-electron chi connectivity index (χ3n) is 4.01. The summed E-state index contributed by atoms with van der Waals surface area (Å²) in [5.74, 6) is 0.870. The molecule has 0 aromatic heterocycles. The number of hydrogen-bond donors (Lipinski definition) is 1. The molecule has 3 atom stereocenters. The molecule has 2 N–H and O–H groups in total. The van der Waals surface area contributed by atoms with Gasteiger partial charge in [0, 0.05) is 6.61 Å². The van der Waals surface area contributed by atoms with Gasteiger partial charge in [-0.05, 0) is 44.9 Å². The van der Waals surface area contributed by atoms with Gasteiger partial charge in [-0.3, -0.25) is 0 Å².